The number of thiophene rings is 1. The minimum absolute atomic E-state index is 0.319. The summed E-state index contributed by atoms with van der Waals surface area (Å²) in [5.41, 5.74) is 0.484. The molecule has 0 aliphatic rings. The molecule has 0 saturated heterocycles. The Hall–Kier alpha value is -1.34. The molecule has 0 aliphatic heterocycles. The molecule has 0 amide bonds. The van der Waals surface area contributed by atoms with Crippen LogP contribution in [0.3, 0.4) is 0 Å². The van der Waals surface area contributed by atoms with Crippen molar-refractivity contribution in [2.75, 3.05) is 4.72 Å². The van der Waals surface area contributed by atoms with Crippen LogP contribution in [0.5, 0.6) is 0 Å². The van der Waals surface area contributed by atoms with E-state index in [9.17, 15) is 8.42 Å². The van der Waals surface area contributed by atoms with Crippen LogP contribution in [0, 0.1) is 6.92 Å². The molecule has 0 saturated carbocycles. The van der Waals surface area contributed by atoms with Crippen molar-refractivity contribution in [3.63, 3.8) is 0 Å². The molecule has 0 atom stereocenters. The molecule has 2 heterocycles. The molecule has 92 valence electrons. The standard InChI is InChI=1S/C10H13N3O2S2/c1-3-13-7-9(6-11-13)12-17(14,15)10-5-4-8(2)16-10/h4-7,12H,3H2,1-2H3. The molecule has 1 N–H and O–H groups in total. The lowest BCUT2D eigenvalue weighted by atomic mass is 10.5. The van der Waals surface area contributed by atoms with E-state index >= 15 is 0 Å². The average molecular weight is 271 g/mol. The lowest BCUT2D eigenvalue weighted by Crippen LogP contribution is -2.10. The second-order valence-corrected chi connectivity index (χ2v) is 6.75. The molecule has 0 fully saturated rings. The van der Waals surface area contributed by atoms with E-state index in [4.69, 9.17) is 0 Å². The van der Waals surface area contributed by atoms with Gasteiger partial charge in [0, 0.05) is 17.6 Å². The molecule has 0 aliphatic carbocycles. The third-order valence-corrected chi connectivity index (χ3v) is 5.06. The largest absolute Gasteiger partial charge is 0.276 e. The third kappa shape index (κ3) is 2.67. The van der Waals surface area contributed by atoms with E-state index in [0.29, 0.717) is 16.4 Å². The van der Waals surface area contributed by atoms with Crippen molar-refractivity contribution in [2.24, 2.45) is 0 Å². The Morgan fingerprint density at radius 2 is 2.24 bits per heavy atom. The maximum Gasteiger partial charge on any atom is 0.271 e. The summed E-state index contributed by atoms with van der Waals surface area (Å²) in [6.45, 7) is 4.52. The highest BCUT2D eigenvalue weighted by Crippen LogP contribution is 2.23. The van der Waals surface area contributed by atoms with E-state index in [1.54, 1.807) is 23.0 Å². The van der Waals surface area contributed by atoms with Gasteiger partial charge in [0.1, 0.15) is 4.21 Å². The second kappa shape index (κ2) is 4.50. The molecule has 0 unspecified atom stereocenters. The number of aryl methyl sites for hydroxylation is 2. The van der Waals surface area contributed by atoms with E-state index < -0.39 is 10.0 Å². The van der Waals surface area contributed by atoms with Gasteiger partial charge in [-0.3, -0.25) is 9.40 Å². The van der Waals surface area contributed by atoms with Gasteiger partial charge in [-0.05, 0) is 26.0 Å². The molecule has 2 rings (SSSR count). The highest BCUT2D eigenvalue weighted by molar-refractivity contribution is 7.94. The number of sulfonamides is 1. The minimum atomic E-state index is -3.47. The third-order valence-electron chi connectivity index (χ3n) is 2.19. The van der Waals surface area contributed by atoms with Crippen molar-refractivity contribution in [1.29, 1.82) is 0 Å². The predicted molar refractivity (Wildman–Crippen MR) is 67.8 cm³/mol. The quantitative estimate of drug-likeness (QED) is 0.926. The number of anilines is 1. The summed E-state index contributed by atoms with van der Waals surface area (Å²) >= 11 is 1.25. The van der Waals surface area contributed by atoms with E-state index in [0.717, 1.165) is 4.88 Å². The van der Waals surface area contributed by atoms with Crippen molar-refractivity contribution in [2.45, 2.75) is 24.6 Å². The fourth-order valence-electron chi connectivity index (χ4n) is 1.35. The second-order valence-electron chi connectivity index (χ2n) is 3.56. The van der Waals surface area contributed by atoms with Gasteiger partial charge in [0.15, 0.2) is 0 Å². The molecular weight excluding hydrogens is 258 g/mol. The van der Waals surface area contributed by atoms with Crippen LogP contribution >= 0.6 is 11.3 Å². The number of hydrogen-bond acceptors (Lipinski definition) is 4. The summed E-state index contributed by atoms with van der Waals surface area (Å²) in [5, 5.41) is 4.01. The van der Waals surface area contributed by atoms with Crippen molar-refractivity contribution in [1.82, 2.24) is 9.78 Å². The normalized spacial score (nSPS) is 11.6. The summed E-state index contributed by atoms with van der Waals surface area (Å²) in [6.07, 6.45) is 3.17. The summed E-state index contributed by atoms with van der Waals surface area (Å²) < 4.78 is 28.4. The van der Waals surface area contributed by atoms with Gasteiger partial charge in [0.2, 0.25) is 0 Å². The van der Waals surface area contributed by atoms with Gasteiger partial charge in [-0.1, -0.05) is 0 Å². The molecule has 0 spiro atoms. The van der Waals surface area contributed by atoms with Crippen LogP contribution < -0.4 is 4.72 Å². The topological polar surface area (TPSA) is 64.0 Å². The minimum Gasteiger partial charge on any atom is -0.276 e. The first-order chi connectivity index (χ1) is 8.01. The smallest absolute Gasteiger partial charge is 0.271 e. The monoisotopic (exact) mass is 271 g/mol. The van der Waals surface area contributed by atoms with E-state index in [1.165, 1.54) is 17.5 Å². The van der Waals surface area contributed by atoms with Gasteiger partial charge in [-0.2, -0.15) is 5.10 Å². The molecule has 7 heteroatoms. The number of rotatable bonds is 4. The lowest BCUT2D eigenvalue weighted by Gasteiger charge is -2.02. The van der Waals surface area contributed by atoms with Crippen molar-refractivity contribution in [3.8, 4) is 0 Å². The number of aromatic nitrogens is 2. The molecular formula is C10H13N3O2S2. The maximum absolute atomic E-state index is 12.0. The van der Waals surface area contributed by atoms with Crippen LogP contribution in [0.1, 0.15) is 11.8 Å². The van der Waals surface area contributed by atoms with Crippen molar-refractivity contribution >= 4 is 27.0 Å². The van der Waals surface area contributed by atoms with Crippen molar-refractivity contribution < 1.29 is 8.42 Å². The molecule has 0 radical (unpaired) electrons. The summed E-state index contributed by atoms with van der Waals surface area (Å²) in [7, 11) is -3.47. The number of hydrogen-bond donors (Lipinski definition) is 1. The van der Waals surface area contributed by atoms with E-state index in [2.05, 4.69) is 9.82 Å². The van der Waals surface area contributed by atoms with Gasteiger partial charge in [0.25, 0.3) is 10.0 Å². The van der Waals surface area contributed by atoms with Gasteiger partial charge in [-0.15, -0.1) is 11.3 Å². The molecule has 2 aromatic heterocycles. The summed E-state index contributed by atoms with van der Waals surface area (Å²) in [4.78, 5) is 0.967. The highest BCUT2D eigenvalue weighted by Gasteiger charge is 2.16. The Kier molecular flexibility index (Phi) is 3.21. The van der Waals surface area contributed by atoms with Crippen LogP contribution in [0.15, 0.2) is 28.7 Å². The molecule has 0 aromatic carbocycles. The molecule has 5 nitrogen and oxygen atoms in total. The van der Waals surface area contributed by atoms with Gasteiger partial charge in [-0.25, -0.2) is 8.42 Å². The Morgan fingerprint density at radius 1 is 1.47 bits per heavy atom. The molecule has 0 bridgehead atoms. The van der Waals surface area contributed by atoms with E-state index in [-0.39, 0.29) is 0 Å². The molecule has 2 aromatic rings. The summed E-state index contributed by atoms with van der Waals surface area (Å²) in [6, 6.07) is 3.39. The Bertz CT molecular complexity index is 613. The maximum atomic E-state index is 12.0. The van der Waals surface area contributed by atoms with Crippen molar-refractivity contribution in [3.05, 3.63) is 29.4 Å². The Morgan fingerprint density at radius 3 is 2.76 bits per heavy atom. The number of nitrogens with one attached hydrogen (secondary N) is 1. The van der Waals surface area contributed by atoms with Gasteiger partial charge < -0.3 is 0 Å². The van der Waals surface area contributed by atoms with Crippen LogP contribution in [-0.2, 0) is 16.6 Å². The fourth-order valence-corrected chi connectivity index (χ4v) is 3.66. The number of nitrogens with zero attached hydrogens (tertiary/aromatic N) is 2. The Labute approximate surface area is 104 Å². The molecule has 17 heavy (non-hydrogen) atoms. The Balaban J connectivity index is 2.23. The lowest BCUT2D eigenvalue weighted by molar-refractivity contribution is 0.603. The van der Waals surface area contributed by atoms with E-state index in [1.807, 2.05) is 13.8 Å². The average Bonchev–Trinajstić information content (AvgIpc) is 2.86. The van der Waals surface area contributed by atoms with Crippen LogP contribution in [0.25, 0.3) is 0 Å². The van der Waals surface area contributed by atoms with Crippen LogP contribution in [0.2, 0.25) is 0 Å². The van der Waals surface area contributed by atoms with Crippen LogP contribution in [0.4, 0.5) is 5.69 Å². The van der Waals surface area contributed by atoms with Gasteiger partial charge in [0.05, 0.1) is 11.9 Å². The van der Waals surface area contributed by atoms with Gasteiger partial charge >= 0.3 is 0 Å². The highest BCUT2D eigenvalue weighted by atomic mass is 32.2. The van der Waals surface area contributed by atoms with Crippen LogP contribution in [-0.4, -0.2) is 18.2 Å². The predicted octanol–water partition coefficient (Wildman–Crippen LogP) is 2.07. The summed E-state index contributed by atoms with van der Waals surface area (Å²) in [5.74, 6) is 0. The zero-order valence-corrected chi connectivity index (χ0v) is 11.2. The first kappa shape index (κ1) is 12.1. The first-order valence-electron chi connectivity index (χ1n) is 5.13. The zero-order valence-electron chi connectivity index (χ0n) is 9.54. The fraction of sp³-hybridized carbons (Fsp3) is 0.300. The SMILES string of the molecule is CCn1cc(NS(=O)(=O)c2ccc(C)s2)cn1. The zero-order chi connectivity index (χ0) is 12.5. The first-order valence-corrected chi connectivity index (χ1v) is 7.43.